The van der Waals surface area contributed by atoms with Gasteiger partial charge in [0.25, 0.3) is 0 Å². The van der Waals surface area contributed by atoms with Crippen LogP contribution < -0.4 is 15.8 Å². The number of amides is 1. The maximum Gasteiger partial charge on any atom is 0.416 e. The molecular formula is C15H20ClF3N2O2. The Kier molecular flexibility index (Phi) is 5.93. The van der Waals surface area contributed by atoms with Crippen molar-refractivity contribution in [3.63, 3.8) is 0 Å². The Hall–Kier alpha value is -1.47. The third kappa shape index (κ3) is 5.00. The van der Waals surface area contributed by atoms with Gasteiger partial charge in [0.05, 0.1) is 17.2 Å². The van der Waals surface area contributed by atoms with Crippen molar-refractivity contribution >= 4 is 18.3 Å². The number of carbonyl (C=O) groups is 1. The Morgan fingerprint density at radius 3 is 2.48 bits per heavy atom. The van der Waals surface area contributed by atoms with Gasteiger partial charge in [0, 0.05) is 6.54 Å². The maximum atomic E-state index is 13.1. The van der Waals surface area contributed by atoms with E-state index in [9.17, 15) is 18.0 Å². The normalized spacial score (nSPS) is 15.8. The van der Waals surface area contributed by atoms with Gasteiger partial charge < -0.3 is 15.8 Å². The van der Waals surface area contributed by atoms with Gasteiger partial charge in [-0.15, -0.1) is 12.4 Å². The highest BCUT2D eigenvalue weighted by atomic mass is 35.5. The first kappa shape index (κ1) is 19.6. The van der Waals surface area contributed by atoms with Gasteiger partial charge in [0.2, 0.25) is 5.91 Å². The van der Waals surface area contributed by atoms with E-state index in [1.807, 2.05) is 0 Å². The maximum absolute atomic E-state index is 13.1. The summed E-state index contributed by atoms with van der Waals surface area (Å²) in [5, 5.41) is 2.47. The fraction of sp³-hybridized carbons (Fsp3) is 0.533. The van der Waals surface area contributed by atoms with Crippen molar-refractivity contribution < 1.29 is 22.7 Å². The molecule has 1 fully saturated rings. The van der Waals surface area contributed by atoms with Crippen LogP contribution in [0.15, 0.2) is 18.2 Å². The first-order valence-electron chi connectivity index (χ1n) is 7.06. The van der Waals surface area contributed by atoms with E-state index in [0.29, 0.717) is 12.8 Å². The fourth-order valence-electron chi connectivity index (χ4n) is 2.03. The molecular weight excluding hydrogens is 333 g/mol. The van der Waals surface area contributed by atoms with Crippen LogP contribution in [-0.4, -0.2) is 17.6 Å². The average molecular weight is 353 g/mol. The summed E-state index contributed by atoms with van der Waals surface area (Å²) in [6.45, 7) is 3.25. The molecule has 1 saturated carbocycles. The molecule has 4 nitrogen and oxygen atoms in total. The lowest BCUT2D eigenvalue weighted by Crippen LogP contribution is -2.42. The summed E-state index contributed by atoms with van der Waals surface area (Å²) >= 11 is 0. The second kappa shape index (κ2) is 6.97. The standard InChI is InChI=1S/C15H19F3N2O2.ClH/c1-9(2)22-11-4-3-10(12(7-11)15(16,17)18)8-20-13(21)14(19)5-6-14;/h3-4,7,9H,5-6,8,19H2,1-2H3,(H,20,21);1H. The van der Waals surface area contributed by atoms with E-state index in [-0.39, 0.29) is 36.4 Å². The van der Waals surface area contributed by atoms with Gasteiger partial charge in [-0.3, -0.25) is 4.79 Å². The molecule has 2 rings (SSSR count). The number of carbonyl (C=O) groups excluding carboxylic acids is 1. The predicted molar refractivity (Wildman–Crippen MR) is 82.5 cm³/mol. The molecule has 1 aliphatic rings. The van der Waals surface area contributed by atoms with Crippen LogP contribution >= 0.6 is 12.4 Å². The Morgan fingerprint density at radius 2 is 2.00 bits per heavy atom. The first-order chi connectivity index (χ1) is 10.1. The molecule has 0 atom stereocenters. The number of halogens is 4. The molecule has 23 heavy (non-hydrogen) atoms. The van der Waals surface area contributed by atoms with Crippen molar-refractivity contribution in [1.82, 2.24) is 5.32 Å². The quantitative estimate of drug-likeness (QED) is 0.856. The number of hydrogen-bond donors (Lipinski definition) is 2. The Bertz CT molecular complexity index is 572. The molecule has 0 aliphatic heterocycles. The average Bonchev–Trinajstić information content (AvgIpc) is 3.14. The minimum absolute atomic E-state index is 0. The molecule has 1 aliphatic carbocycles. The molecule has 8 heteroatoms. The Labute approximate surface area is 139 Å². The minimum atomic E-state index is -4.52. The molecule has 0 unspecified atom stereocenters. The van der Waals surface area contributed by atoms with Crippen LogP contribution in [0.3, 0.4) is 0 Å². The number of nitrogens with one attached hydrogen (secondary N) is 1. The van der Waals surface area contributed by atoms with E-state index in [4.69, 9.17) is 10.5 Å². The van der Waals surface area contributed by atoms with E-state index in [1.54, 1.807) is 13.8 Å². The van der Waals surface area contributed by atoms with E-state index < -0.39 is 23.2 Å². The third-order valence-electron chi connectivity index (χ3n) is 3.44. The van der Waals surface area contributed by atoms with Gasteiger partial charge in [-0.1, -0.05) is 6.07 Å². The lowest BCUT2D eigenvalue weighted by Gasteiger charge is -2.17. The number of rotatable bonds is 5. The summed E-state index contributed by atoms with van der Waals surface area (Å²) in [5.74, 6) is -0.266. The second-order valence-corrected chi connectivity index (χ2v) is 5.82. The van der Waals surface area contributed by atoms with E-state index in [0.717, 1.165) is 6.07 Å². The van der Waals surface area contributed by atoms with Gasteiger partial charge >= 0.3 is 6.18 Å². The van der Waals surface area contributed by atoms with Gasteiger partial charge in [0.1, 0.15) is 5.75 Å². The molecule has 0 aromatic heterocycles. The molecule has 0 heterocycles. The van der Waals surface area contributed by atoms with Crippen LogP contribution in [0.4, 0.5) is 13.2 Å². The van der Waals surface area contributed by atoms with Crippen molar-refractivity contribution in [2.75, 3.05) is 0 Å². The highest BCUT2D eigenvalue weighted by Crippen LogP contribution is 2.35. The summed E-state index contributed by atoms with van der Waals surface area (Å²) in [6.07, 6.45) is -3.62. The highest BCUT2D eigenvalue weighted by molar-refractivity contribution is 5.88. The molecule has 1 aromatic rings. The number of hydrogen-bond acceptors (Lipinski definition) is 3. The monoisotopic (exact) mass is 352 g/mol. The van der Waals surface area contributed by atoms with Crippen LogP contribution in [0, 0.1) is 0 Å². The van der Waals surface area contributed by atoms with E-state index in [1.165, 1.54) is 12.1 Å². The van der Waals surface area contributed by atoms with Crippen molar-refractivity contribution in [3.05, 3.63) is 29.3 Å². The van der Waals surface area contributed by atoms with Crippen molar-refractivity contribution in [2.24, 2.45) is 5.73 Å². The number of ether oxygens (including phenoxy) is 1. The molecule has 1 amide bonds. The van der Waals surface area contributed by atoms with Crippen LogP contribution in [-0.2, 0) is 17.5 Å². The van der Waals surface area contributed by atoms with Gasteiger partial charge in [-0.25, -0.2) is 0 Å². The number of alkyl halides is 3. The second-order valence-electron chi connectivity index (χ2n) is 5.82. The number of nitrogens with two attached hydrogens (primary N) is 1. The van der Waals surface area contributed by atoms with Crippen molar-refractivity contribution in [1.29, 1.82) is 0 Å². The summed E-state index contributed by atoms with van der Waals surface area (Å²) in [7, 11) is 0. The van der Waals surface area contributed by atoms with Crippen LogP contribution in [0.25, 0.3) is 0 Å². The first-order valence-corrected chi connectivity index (χ1v) is 7.06. The van der Waals surface area contributed by atoms with Crippen LogP contribution in [0.1, 0.15) is 37.8 Å². The fourth-order valence-corrected chi connectivity index (χ4v) is 2.03. The van der Waals surface area contributed by atoms with Crippen molar-refractivity contribution in [2.45, 2.75) is 51.1 Å². The van der Waals surface area contributed by atoms with Crippen molar-refractivity contribution in [3.8, 4) is 5.75 Å². The third-order valence-corrected chi connectivity index (χ3v) is 3.44. The molecule has 0 spiro atoms. The lowest BCUT2D eigenvalue weighted by atomic mass is 10.1. The predicted octanol–water partition coefficient (Wildman–Crippen LogP) is 3.02. The molecule has 130 valence electrons. The molecule has 1 aromatic carbocycles. The zero-order chi connectivity index (χ0) is 16.5. The van der Waals surface area contributed by atoms with E-state index >= 15 is 0 Å². The van der Waals surface area contributed by atoms with Gasteiger partial charge in [0.15, 0.2) is 0 Å². The van der Waals surface area contributed by atoms with Crippen LogP contribution in [0.2, 0.25) is 0 Å². The molecule has 0 bridgehead atoms. The summed E-state index contributed by atoms with van der Waals surface area (Å²) in [4.78, 5) is 11.7. The molecule has 0 radical (unpaired) electrons. The van der Waals surface area contributed by atoms with E-state index in [2.05, 4.69) is 5.32 Å². The zero-order valence-corrected chi connectivity index (χ0v) is 13.7. The van der Waals surface area contributed by atoms with Gasteiger partial charge in [-0.2, -0.15) is 13.2 Å². The molecule has 0 saturated heterocycles. The summed E-state index contributed by atoms with van der Waals surface area (Å²) in [6, 6.07) is 3.74. The SMILES string of the molecule is CC(C)Oc1ccc(CNC(=O)C2(N)CC2)c(C(F)(F)F)c1.Cl. The smallest absolute Gasteiger partial charge is 0.416 e. The van der Waals surface area contributed by atoms with Crippen LogP contribution in [0.5, 0.6) is 5.75 Å². The Balaban J connectivity index is 0.00000264. The Morgan fingerprint density at radius 1 is 1.39 bits per heavy atom. The van der Waals surface area contributed by atoms with Gasteiger partial charge in [-0.05, 0) is 44.4 Å². The summed E-state index contributed by atoms with van der Waals surface area (Å²) < 4.78 is 44.7. The largest absolute Gasteiger partial charge is 0.491 e. The summed E-state index contributed by atoms with van der Waals surface area (Å²) in [5.41, 5.74) is 3.97. The highest BCUT2D eigenvalue weighted by Gasteiger charge is 2.45. The topological polar surface area (TPSA) is 64.3 Å². The number of benzene rings is 1. The molecule has 3 N–H and O–H groups in total. The minimum Gasteiger partial charge on any atom is -0.491 e. The lowest BCUT2D eigenvalue weighted by molar-refractivity contribution is -0.138. The zero-order valence-electron chi connectivity index (χ0n) is 12.9.